The number of hydrogen-bond donors (Lipinski definition) is 1. The van der Waals surface area contributed by atoms with Crippen LogP contribution in [0.3, 0.4) is 0 Å². The Labute approximate surface area is 172 Å². The molecule has 25 heavy (non-hydrogen) atoms. The van der Waals surface area contributed by atoms with Gasteiger partial charge in [-0.1, -0.05) is 11.6 Å². The Balaban J connectivity index is 0.00000312. The van der Waals surface area contributed by atoms with Crippen LogP contribution in [0.4, 0.5) is 0 Å². The predicted molar refractivity (Wildman–Crippen MR) is 115 cm³/mol. The number of halogens is 2. The largest absolute Gasteiger partial charge is 0.356 e. The SMILES string of the molecule is CN=C(NCCc1c(C)nn(C)c1C)N(C)Cc1cc(Cl)cn1C.I. The first-order valence-electron chi connectivity index (χ1n) is 8.05. The summed E-state index contributed by atoms with van der Waals surface area (Å²) in [6, 6.07) is 1.98. The first kappa shape index (κ1) is 21.8. The van der Waals surface area contributed by atoms with Crippen molar-refractivity contribution in [2.75, 3.05) is 20.6 Å². The molecule has 2 aromatic rings. The predicted octanol–water partition coefficient (Wildman–Crippen LogP) is 2.90. The van der Waals surface area contributed by atoms with E-state index in [2.05, 4.69) is 34.2 Å². The van der Waals surface area contributed by atoms with Gasteiger partial charge >= 0.3 is 0 Å². The van der Waals surface area contributed by atoms with Gasteiger partial charge in [0.05, 0.1) is 17.3 Å². The summed E-state index contributed by atoms with van der Waals surface area (Å²) in [5.41, 5.74) is 4.76. The van der Waals surface area contributed by atoms with E-state index < -0.39 is 0 Å². The summed E-state index contributed by atoms with van der Waals surface area (Å²) in [6.45, 7) is 5.73. The van der Waals surface area contributed by atoms with Crippen molar-refractivity contribution in [1.82, 2.24) is 24.6 Å². The highest BCUT2D eigenvalue weighted by Gasteiger charge is 2.12. The molecule has 0 aliphatic rings. The Morgan fingerprint density at radius 3 is 2.52 bits per heavy atom. The average molecular weight is 479 g/mol. The second kappa shape index (κ2) is 9.47. The highest BCUT2D eigenvalue weighted by Crippen LogP contribution is 2.14. The molecule has 2 heterocycles. The molecule has 0 aliphatic heterocycles. The van der Waals surface area contributed by atoms with Gasteiger partial charge in [0.2, 0.25) is 0 Å². The molecule has 0 saturated carbocycles. The van der Waals surface area contributed by atoms with Gasteiger partial charge in [-0.15, -0.1) is 24.0 Å². The van der Waals surface area contributed by atoms with Crippen molar-refractivity contribution in [3.05, 3.63) is 39.9 Å². The molecule has 0 atom stereocenters. The van der Waals surface area contributed by atoms with Crippen molar-refractivity contribution < 1.29 is 0 Å². The van der Waals surface area contributed by atoms with Crippen LogP contribution >= 0.6 is 35.6 Å². The Morgan fingerprint density at radius 2 is 2.04 bits per heavy atom. The summed E-state index contributed by atoms with van der Waals surface area (Å²) < 4.78 is 3.97. The smallest absolute Gasteiger partial charge is 0.193 e. The highest BCUT2D eigenvalue weighted by molar-refractivity contribution is 14.0. The van der Waals surface area contributed by atoms with E-state index in [4.69, 9.17) is 11.6 Å². The summed E-state index contributed by atoms with van der Waals surface area (Å²) in [4.78, 5) is 6.46. The molecule has 140 valence electrons. The molecular weight excluding hydrogens is 451 g/mol. The maximum absolute atomic E-state index is 6.05. The quantitative estimate of drug-likeness (QED) is 0.408. The number of aliphatic imine (C=N–C) groups is 1. The van der Waals surface area contributed by atoms with Gasteiger partial charge in [0, 0.05) is 52.3 Å². The van der Waals surface area contributed by atoms with Crippen molar-refractivity contribution in [3.63, 3.8) is 0 Å². The van der Waals surface area contributed by atoms with Gasteiger partial charge in [-0.05, 0) is 31.9 Å². The fourth-order valence-corrected chi connectivity index (χ4v) is 3.18. The van der Waals surface area contributed by atoms with Crippen LogP contribution in [0.15, 0.2) is 17.3 Å². The minimum Gasteiger partial charge on any atom is -0.356 e. The Hall–Kier alpha value is -1.22. The van der Waals surface area contributed by atoms with Crippen molar-refractivity contribution in [3.8, 4) is 0 Å². The van der Waals surface area contributed by atoms with Gasteiger partial charge in [-0.25, -0.2) is 0 Å². The van der Waals surface area contributed by atoms with Crippen LogP contribution in [0, 0.1) is 13.8 Å². The maximum atomic E-state index is 6.05. The third-order valence-corrected chi connectivity index (χ3v) is 4.57. The van der Waals surface area contributed by atoms with Crippen molar-refractivity contribution in [2.45, 2.75) is 26.8 Å². The van der Waals surface area contributed by atoms with E-state index in [9.17, 15) is 0 Å². The number of nitrogens with zero attached hydrogens (tertiary/aromatic N) is 5. The van der Waals surface area contributed by atoms with Crippen LogP contribution in [0.25, 0.3) is 0 Å². The molecule has 0 aromatic carbocycles. The zero-order valence-corrected chi connectivity index (χ0v) is 18.9. The zero-order chi connectivity index (χ0) is 17.9. The molecule has 8 heteroatoms. The van der Waals surface area contributed by atoms with Gasteiger partial charge in [0.25, 0.3) is 0 Å². The highest BCUT2D eigenvalue weighted by atomic mass is 127. The normalized spacial score (nSPS) is 11.4. The van der Waals surface area contributed by atoms with E-state index >= 15 is 0 Å². The fourth-order valence-electron chi connectivity index (χ4n) is 2.90. The molecule has 2 aromatic heterocycles. The summed E-state index contributed by atoms with van der Waals surface area (Å²) in [5.74, 6) is 0.867. The monoisotopic (exact) mass is 478 g/mol. The molecule has 2 rings (SSSR count). The zero-order valence-electron chi connectivity index (χ0n) is 15.8. The summed E-state index contributed by atoms with van der Waals surface area (Å²) in [5, 5.41) is 8.64. The van der Waals surface area contributed by atoms with Crippen LogP contribution in [-0.2, 0) is 27.1 Å². The van der Waals surface area contributed by atoms with E-state index in [1.165, 1.54) is 11.3 Å². The Morgan fingerprint density at radius 1 is 1.36 bits per heavy atom. The first-order valence-corrected chi connectivity index (χ1v) is 8.42. The van der Waals surface area contributed by atoms with Crippen LogP contribution < -0.4 is 5.32 Å². The molecule has 0 bridgehead atoms. The minimum absolute atomic E-state index is 0. The summed E-state index contributed by atoms with van der Waals surface area (Å²) >= 11 is 6.05. The molecule has 0 aliphatic carbocycles. The van der Waals surface area contributed by atoms with Crippen molar-refractivity contribution >= 4 is 41.5 Å². The lowest BCUT2D eigenvalue weighted by Crippen LogP contribution is -2.39. The number of guanidine groups is 1. The van der Waals surface area contributed by atoms with Crippen molar-refractivity contribution in [1.29, 1.82) is 0 Å². The third kappa shape index (κ3) is 5.37. The van der Waals surface area contributed by atoms with Gasteiger partial charge in [0.15, 0.2) is 5.96 Å². The topological polar surface area (TPSA) is 50.4 Å². The summed E-state index contributed by atoms with van der Waals surface area (Å²) in [6.07, 6.45) is 2.84. The lowest BCUT2D eigenvalue weighted by atomic mass is 10.1. The Bertz CT molecular complexity index is 734. The average Bonchev–Trinajstić information content (AvgIpc) is 2.95. The molecular formula is C17H28ClIN6. The first-order chi connectivity index (χ1) is 11.3. The van der Waals surface area contributed by atoms with Crippen LogP contribution in [0.5, 0.6) is 0 Å². The molecule has 0 fully saturated rings. The van der Waals surface area contributed by atoms with E-state index in [-0.39, 0.29) is 24.0 Å². The lowest BCUT2D eigenvalue weighted by Gasteiger charge is -2.22. The number of aryl methyl sites for hydroxylation is 3. The van der Waals surface area contributed by atoms with E-state index in [1.54, 1.807) is 7.05 Å². The van der Waals surface area contributed by atoms with Crippen LogP contribution in [0.1, 0.15) is 22.6 Å². The van der Waals surface area contributed by atoms with Gasteiger partial charge in [-0.2, -0.15) is 5.10 Å². The number of rotatable bonds is 5. The van der Waals surface area contributed by atoms with E-state index in [0.717, 1.165) is 41.9 Å². The summed E-state index contributed by atoms with van der Waals surface area (Å²) in [7, 11) is 7.81. The maximum Gasteiger partial charge on any atom is 0.193 e. The number of aromatic nitrogens is 3. The molecule has 1 N–H and O–H groups in total. The number of nitrogens with one attached hydrogen (secondary N) is 1. The molecule has 0 saturated heterocycles. The number of hydrogen-bond acceptors (Lipinski definition) is 2. The van der Waals surface area contributed by atoms with Gasteiger partial charge in [0.1, 0.15) is 0 Å². The Kier molecular flexibility index (Phi) is 8.27. The van der Waals surface area contributed by atoms with Crippen LogP contribution in [-0.4, -0.2) is 45.8 Å². The van der Waals surface area contributed by atoms with Crippen molar-refractivity contribution in [2.24, 2.45) is 19.1 Å². The van der Waals surface area contributed by atoms with Crippen LogP contribution in [0.2, 0.25) is 5.02 Å². The standard InChI is InChI=1S/C17H27ClN6.HI/c1-12-16(13(2)24(6)21-12)7-8-20-17(19-3)23(5)11-15-9-14(18)10-22(15)4;/h9-10H,7-8,11H2,1-6H3,(H,19,20);1H. The second-order valence-electron chi connectivity index (χ2n) is 6.11. The molecule has 0 amide bonds. The molecule has 0 unspecified atom stereocenters. The third-order valence-electron chi connectivity index (χ3n) is 4.36. The van der Waals surface area contributed by atoms with E-state index in [0.29, 0.717) is 0 Å². The molecule has 6 nitrogen and oxygen atoms in total. The second-order valence-corrected chi connectivity index (χ2v) is 6.55. The lowest BCUT2D eigenvalue weighted by molar-refractivity contribution is 0.462. The van der Waals surface area contributed by atoms with E-state index in [1.807, 2.05) is 42.7 Å². The van der Waals surface area contributed by atoms with Gasteiger partial charge < -0.3 is 14.8 Å². The molecule has 0 radical (unpaired) electrons. The van der Waals surface area contributed by atoms with Gasteiger partial charge in [-0.3, -0.25) is 9.67 Å². The fraction of sp³-hybridized carbons (Fsp3) is 0.529. The minimum atomic E-state index is 0. The molecule has 0 spiro atoms.